The van der Waals surface area contributed by atoms with Gasteiger partial charge in [-0.15, -0.1) is 0 Å². The van der Waals surface area contributed by atoms with Gasteiger partial charge in [-0.1, -0.05) is 6.07 Å². The third-order valence-electron chi connectivity index (χ3n) is 1.57. The molecule has 7 heteroatoms. The number of anilines is 2. The van der Waals surface area contributed by atoms with Crippen LogP contribution in [-0.2, 0) is 9.59 Å². The molecular formula is C9H11N3O4. The first kappa shape index (κ1) is 12.1. The Hall–Kier alpha value is -1.99. The maximum absolute atomic E-state index is 10.8. The summed E-state index contributed by atoms with van der Waals surface area (Å²) in [6, 6.07) is 4.57. The van der Waals surface area contributed by atoms with E-state index in [0.29, 0.717) is 0 Å². The van der Waals surface area contributed by atoms with Crippen LogP contribution < -0.4 is 10.6 Å². The molecule has 0 fully saturated rings. The van der Waals surface area contributed by atoms with Crippen LogP contribution in [0.5, 0.6) is 0 Å². The molecule has 0 aromatic carbocycles. The first-order valence-electron chi connectivity index (χ1n) is 4.44. The Bertz CT molecular complexity index is 361. The summed E-state index contributed by atoms with van der Waals surface area (Å²) in [5, 5.41) is 21.6. The van der Waals surface area contributed by atoms with Crippen LogP contribution >= 0.6 is 0 Å². The van der Waals surface area contributed by atoms with Crippen molar-refractivity contribution in [1.29, 1.82) is 0 Å². The normalized spacial score (nSPS) is 9.62. The van der Waals surface area contributed by atoms with Crippen molar-refractivity contribution in [1.82, 2.24) is 4.98 Å². The zero-order valence-electron chi connectivity index (χ0n) is 8.30. The summed E-state index contributed by atoms with van der Waals surface area (Å²) in [6.45, 7) is -1.29. The number of hydrogen-bond acceptors (Lipinski definition) is 5. The van der Waals surface area contributed by atoms with Crippen molar-refractivity contribution < 1.29 is 19.8 Å². The summed E-state index contributed by atoms with van der Waals surface area (Å²) >= 11 is 0. The van der Waals surface area contributed by atoms with Gasteiger partial charge >= 0.3 is 0 Å². The summed E-state index contributed by atoms with van der Waals surface area (Å²) < 4.78 is 0. The minimum Gasteiger partial charge on any atom is -0.387 e. The molecule has 0 saturated carbocycles. The predicted octanol–water partition coefficient (Wildman–Crippen LogP) is -1.06. The van der Waals surface area contributed by atoms with Gasteiger partial charge in [-0.2, -0.15) is 0 Å². The van der Waals surface area contributed by atoms with Crippen LogP contribution in [0.4, 0.5) is 11.6 Å². The first-order valence-corrected chi connectivity index (χ1v) is 4.44. The third-order valence-corrected chi connectivity index (χ3v) is 1.57. The van der Waals surface area contributed by atoms with Crippen molar-refractivity contribution >= 4 is 23.5 Å². The highest BCUT2D eigenvalue weighted by Crippen LogP contribution is 2.08. The fourth-order valence-corrected chi connectivity index (χ4v) is 0.939. The van der Waals surface area contributed by atoms with Gasteiger partial charge in [0.15, 0.2) is 0 Å². The van der Waals surface area contributed by atoms with E-state index < -0.39 is 25.0 Å². The summed E-state index contributed by atoms with van der Waals surface area (Å²) in [7, 11) is 0. The number of carbonyl (C=O) groups is 2. The van der Waals surface area contributed by atoms with Crippen LogP contribution in [0.1, 0.15) is 0 Å². The number of aliphatic hydroxyl groups excluding tert-OH is 2. The molecule has 0 atom stereocenters. The average Bonchev–Trinajstić information content (AvgIpc) is 2.29. The van der Waals surface area contributed by atoms with Crippen molar-refractivity contribution in [2.45, 2.75) is 0 Å². The molecule has 1 aromatic rings. The van der Waals surface area contributed by atoms with Crippen molar-refractivity contribution in [2.75, 3.05) is 23.8 Å². The van der Waals surface area contributed by atoms with Gasteiger partial charge in [0.1, 0.15) is 24.8 Å². The lowest BCUT2D eigenvalue weighted by atomic mass is 10.4. The Morgan fingerprint density at radius 1 is 1.06 bits per heavy atom. The van der Waals surface area contributed by atoms with Crippen LogP contribution in [0.15, 0.2) is 18.2 Å². The van der Waals surface area contributed by atoms with Gasteiger partial charge in [-0.3, -0.25) is 9.59 Å². The molecule has 4 N–H and O–H groups in total. The number of aliphatic hydroxyl groups is 2. The lowest BCUT2D eigenvalue weighted by Gasteiger charge is -2.05. The number of aromatic nitrogens is 1. The Balaban J connectivity index is 2.71. The average molecular weight is 225 g/mol. The summed E-state index contributed by atoms with van der Waals surface area (Å²) in [5.41, 5.74) is 0. The Labute approximate surface area is 91.1 Å². The van der Waals surface area contributed by atoms with Gasteiger partial charge < -0.3 is 20.8 Å². The maximum Gasteiger partial charge on any atom is 0.251 e. The molecule has 0 saturated heterocycles. The molecule has 0 radical (unpaired) electrons. The van der Waals surface area contributed by atoms with Crippen LogP contribution in [0.2, 0.25) is 0 Å². The van der Waals surface area contributed by atoms with E-state index in [1.54, 1.807) is 6.07 Å². The molecule has 0 bridgehead atoms. The highest BCUT2D eigenvalue weighted by Gasteiger charge is 2.04. The molecule has 0 spiro atoms. The monoisotopic (exact) mass is 225 g/mol. The molecule has 0 unspecified atom stereocenters. The van der Waals surface area contributed by atoms with Gasteiger partial charge in [-0.25, -0.2) is 4.98 Å². The molecule has 0 aliphatic rings. The zero-order valence-corrected chi connectivity index (χ0v) is 8.30. The van der Waals surface area contributed by atoms with E-state index in [1.807, 2.05) is 0 Å². The van der Waals surface area contributed by atoms with Crippen molar-refractivity contribution in [2.24, 2.45) is 0 Å². The summed E-state index contributed by atoms with van der Waals surface area (Å²) in [5.74, 6) is -0.791. The molecule has 86 valence electrons. The molecule has 7 nitrogen and oxygen atoms in total. The molecule has 1 heterocycles. The molecule has 0 aliphatic carbocycles. The maximum atomic E-state index is 10.8. The second-order valence-electron chi connectivity index (χ2n) is 2.82. The molecule has 2 amide bonds. The van der Waals surface area contributed by atoms with E-state index in [9.17, 15) is 9.59 Å². The molecule has 0 aliphatic heterocycles. The predicted molar refractivity (Wildman–Crippen MR) is 55.7 cm³/mol. The van der Waals surface area contributed by atoms with Gasteiger partial charge in [0.05, 0.1) is 0 Å². The second-order valence-corrected chi connectivity index (χ2v) is 2.82. The van der Waals surface area contributed by atoms with Crippen molar-refractivity contribution in [3.05, 3.63) is 18.2 Å². The fraction of sp³-hybridized carbons (Fsp3) is 0.222. The van der Waals surface area contributed by atoms with Crippen LogP contribution in [0.25, 0.3) is 0 Å². The fourth-order valence-electron chi connectivity index (χ4n) is 0.939. The van der Waals surface area contributed by atoms with Crippen LogP contribution in [0, 0.1) is 0 Å². The van der Waals surface area contributed by atoms with Crippen LogP contribution in [0.3, 0.4) is 0 Å². The number of carbonyl (C=O) groups excluding carboxylic acids is 2. The van der Waals surface area contributed by atoms with E-state index in [2.05, 4.69) is 15.6 Å². The zero-order chi connectivity index (χ0) is 12.0. The topological polar surface area (TPSA) is 112 Å². The number of nitrogens with zero attached hydrogens (tertiary/aromatic N) is 1. The SMILES string of the molecule is O=C(CO)Nc1cccc(NC(=O)CO)n1. The van der Waals surface area contributed by atoms with E-state index in [1.165, 1.54) is 12.1 Å². The van der Waals surface area contributed by atoms with Gasteiger partial charge in [0.25, 0.3) is 11.8 Å². The second kappa shape index (κ2) is 5.79. The van der Waals surface area contributed by atoms with Gasteiger partial charge in [0.2, 0.25) is 0 Å². The van der Waals surface area contributed by atoms with Gasteiger partial charge in [0, 0.05) is 0 Å². The largest absolute Gasteiger partial charge is 0.387 e. The first-order chi connectivity index (χ1) is 7.65. The molecule has 1 aromatic heterocycles. The summed E-state index contributed by atoms with van der Waals surface area (Å²) in [4.78, 5) is 25.5. The van der Waals surface area contributed by atoms with Crippen LogP contribution in [-0.4, -0.2) is 40.2 Å². The number of nitrogens with one attached hydrogen (secondary N) is 2. The smallest absolute Gasteiger partial charge is 0.251 e. The van der Waals surface area contributed by atoms with Gasteiger partial charge in [-0.05, 0) is 12.1 Å². The Kier molecular flexibility index (Phi) is 4.37. The number of rotatable bonds is 4. The minimum absolute atomic E-state index is 0.204. The van der Waals surface area contributed by atoms with E-state index >= 15 is 0 Å². The summed E-state index contributed by atoms with van der Waals surface area (Å²) in [6.07, 6.45) is 0. The van der Waals surface area contributed by atoms with Crippen molar-refractivity contribution in [3.63, 3.8) is 0 Å². The molecule has 1 rings (SSSR count). The van der Waals surface area contributed by atoms with E-state index in [0.717, 1.165) is 0 Å². The molecular weight excluding hydrogens is 214 g/mol. The van der Waals surface area contributed by atoms with E-state index in [-0.39, 0.29) is 11.6 Å². The lowest BCUT2D eigenvalue weighted by Crippen LogP contribution is -2.19. The number of hydrogen-bond donors (Lipinski definition) is 4. The van der Waals surface area contributed by atoms with Crippen molar-refractivity contribution in [3.8, 4) is 0 Å². The standard InChI is InChI=1S/C9H11N3O4/c13-4-8(15)11-6-2-1-3-7(10-6)12-9(16)5-14/h1-3,13-14H,4-5H2,(H2,10,11,12,15,16). The highest BCUT2D eigenvalue weighted by atomic mass is 16.3. The lowest BCUT2D eigenvalue weighted by molar-refractivity contribution is -0.119. The molecule has 16 heavy (non-hydrogen) atoms. The number of pyridine rings is 1. The quantitative estimate of drug-likeness (QED) is 0.522. The minimum atomic E-state index is -0.644. The number of amides is 2. The Morgan fingerprint density at radius 3 is 1.88 bits per heavy atom. The highest BCUT2D eigenvalue weighted by molar-refractivity contribution is 5.92. The third kappa shape index (κ3) is 3.64. The van der Waals surface area contributed by atoms with E-state index in [4.69, 9.17) is 10.2 Å². The Morgan fingerprint density at radius 2 is 1.50 bits per heavy atom.